The molecule has 0 aliphatic rings. The Morgan fingerprint density at radius 2 is 1.67 bits per heavy atom. The first-order valence-corrected chi connectivity index (χ1v) is 4.10. The third-order valence-corrected chi connectivity index (χ3v) is 2.59. The predicted molar refractivity (Wildman–Crippen MR) is 44.9 cm³/mol. The molecule has 1 unspecified atom stereocenters. The monoisotopic (exact) mass is 226 g/mol. The zero-order valence-electron chi connectivity index (χ0n) is 4.17. The van der Waals surface area contributed by atoms with E-state index in [9.17, 15) is 0 Å². The van der Waals surface area contributed by atoms with Gasteiger partial charge in [0, 0.05) is 5.88 Å². The van der Waals surface area contributed by atoms with Crippen LogP contribution < -0.4 is 0 Å². The molecule has 0 aliphatic heterocycles. The summed E-state index contributed by atoms with van der Waals surface area (Å²) in [6, 6.07) is 0. The van der Waals surface area contributed by atoms with Gasteiger partial charge in [0.05, 0.1) is 10.4 Å². The Labute approximate surface area is 78.7 Å². The Hall–Kier alpha value is 1.19. The van der Waals surface area contributed by atoms with Gasteiger partial charge in [-0.1, -0.05) is 34.8 Å². The fourth-order valence-electron chi connectivity index (χ4n) is 0.186. The van der Waals surface area contributed by atoms with Crippen LogP contribution in [-0.4, -0.2) is 11.3 Å². The van der Waals surface area contributed by atoms with Gasteiger partial charge in [-0.2, -0.15) is 0 Å². The molecule has 0 spiro atoms. The summed E-state index contributed by atoms with van der Waals surface area (Å²) < 4.78 is -0.0303. The predicted octanol–water partition coefficient (Wildman–Crippen LogP) is 3.72. The molecule has 0 N–H and O–H groups in total. The maximum atomic E-state index is 5.52. The molecule has 9 heavy (non-hydrogen) atoms. The first-order valence-electron chi connectivity index (χ1n) is 2.00. The lowest BCUT2D eigenvalue weighted by molar-refractivity contribution is 1.21. The van der Waals surface area contributed by atoms with Crippen LogP contribution in [0.1, 0.15) is 0 Å². The lowest BCUT2D eigenvalue weighted by Gasteiger charge is -2.01. The van der Waals surface area contributed by atoms with Crippen LogP contribution in [0.15, 0.2) is 9.52 Å². The number of rotatable bonds is 2. The molecule has 1 atom stereocenters. The molecule has 0 aromatic carbocycles. The molecular weight excluding hydrogens is 225 g/mol. The molecule has 0 nitrogen and oxygen atoms in total. The molecule has 0 amide bonds. The molecule has 54 valence electrons. The molecule has 0 aliphatic carbocycles. The van der Waals surface area contributed by atoms with Crippen molar-refractivity contribution in [2.45, 2.75) is 5.38 Å². The van der Waals surface area contributed by atoms with Gasteiger partial charge in [-0.05, 0) is 0 Å². The first kappa shape index (κ1) is 10.2. The number of hydrogen-bond acceptors (Lipinski definition) is 0. The van der Waals surface area contributed by atoms with Gasteiger partial charge < -0.3 is 0 Å². The first-order chi connectivity index (χ1) is 4.09. The van der Waals surface area contributed by atoms with Gasteiger partial charge in [-0.3, -0.25) is 0 Å². The van der Waals surface area contributed by atoms with Crippen molar-refractivity contribution in [3.63, 3.8) is 0 Å². The Morgan fingerprint density at radius 3 is 1.78 bits per heavy atom. The van der Waals surface area contributed by atoms with E-state index in [2.05, 4.69) is 0 Å². The third-order valence-electron chi connectivity index (χ3n) is 0.591. The molecule has 0 aromatic rings. The molecule has 0 saturated carbocycles. The van der Waals surface area contributed by atoms with Gasteiger partial charge in [0.15, 0.2) is 0 Å². The van der Waals surface area contributed by atoms with E-state index in [1.54, 1.807) is 0 Å². The standard InChI is InChI=1S/C4H3Cl5/c5-1-2(6)3(7)4(8)9/h2H,1H2. The Balaban J connectivity index is 4.02. The average Bonchev–Trinajstić information content (AvgIpc) is 1.84. The van der Waals surface area contributed by atoms with Crippen molar-refractivity contribution in [3.8, 4) is 0 Å². The highest BCUT2D eigenvalue weighted by molar-refractivity contribution is 6.60. The van der Waals surface area contributed by atoms with E-state index < -0.39 is 5.38 Å². The minimum absolute atomic E-state index is 0.0303. The van der Waals surface area contributed by atoms with Crippen molar-refractivity contribution in [1.29, 1.82) is 0 Å². The normalized spacial score (nSPS) is 13.0. The highest BCUT2D eigenvalue weighted by atomic mass is 35.5. The van der Waals surface area contributed by atoms with Gasteiger partial charge in [-0.25, -0.2) is 0 Å². The van der Waals surface area contributed by atoms with Crippen LogP contribution in [0.4, 0.5) is 0 Å². The number of alkyl halides is 2. The SMILES string of the molecule is ClCC(Cl)C(Cl)=C(Cl)Cl. The zero-order chi connectivity index (χ0) is 7.44. The lowest BCUT2D eigenvalue weighted by Crippen LogP contribution is -1.99. The second-order valence-corrected chi connectivity index (χ2v) is 3.42. The third kappa shape index (κ3) is 3.79. The van der Waals surface area contributed by atoms with Gasteiger partial charge in [0.1, 0.15) is 4.49 Å². The van der Waals surface area contributed by atoms with Crippen molar-refractivity contribution in [1.82, 2.24) is 0 Å². The highest BCUT2D eigenvalue weighted by Crippen LogP contribution is 2.24. The van der Waals surface area contributed by atoms with E-state index in [1.807, 2.05) is 0 Å². The Morgan fingerprint density at radius 1 is 1.22 bits per heavy atom. The molecule has 5 heteroatoms. The van der Waals surface area contributed by atoms with Crippen LogP contribution >= 0.6 is 58.0 Å². The summed E-state index contributed by atoms with van der Waals surface area (Å²) >= 11 is 26.9. The summed E-state index contributed by atoms with van der Waals surface area (Å²) in [5.41, 5.74) is 0. The van der Waals surface area contributed by atoms with Crippen molar-refractivity contribution < 1.29 is 0 Å². The molecule has 0 rings (SSSR count). The summed E-state index contributed by atoms with van der Waals surface area (Å²) in [6.45, 7) is 0. The zero-order valence-corrected chi connectivity index (χ0v) is 7.95. The fraction of sp³-hybridized carbons (Fsp3) is 0.500. The van der Waals surface area contributed by atoms with Gasteiger partial charge >= 0.3 is 0 Å². The van der Waals surface area contributed by atoms with Crippen molar-refractivity contribution >= 4 is 58.0 Å². The molecule has 0 fully saturated rings. The van der Waals surface area contributed by atoms with Gasteiger partial charge in [0.25, 0.3) is 0 Å². The van der Waals surface area contributed by atoms with E-state index in [0.29, 0.717) is 0 Å². The van der Waals surface area contributed by atoms with Gasteiger partial charge in [0.2, 0.25) is 0 Å². The van der Waals surface area contributed by atoms with Crippen molar-refractivity contribution in [2.24, 2.45) is 0 Å². The maximum absolute atomic E-state index is 5.52. The summed E-state index contributed by atoms with van der Waals surface area (Å²) in [7, 11) is 0. The van der Waals surface area contributed by atoms with Crippen LogP contribution in [0.2, 0.25) is 0 Å². The molecule has 0 bridgehead atoms. The van der Waals surface area contributed by atoms with Crippen LogP contribution in [0.5, 0.6) is 0 Å². The second-order valence-electron chi connectivity index (χ2n) is 1.23. The maximum Gasteiger partial charge on any atom is 0.122 e. The average molecular weight is 228 g/mol. The Bertz CT molecular complexity index is 114. The molecule has 0 radical (unpaired) electrons. The summed E-state index contributed by atoms with van der Waals surface area (Å²) in [4.78, 5) is 0. The van der Waals surface area contributed by atoms with Crippen LogP contribution in [0, 0.1) is 0 Å². The second kappa shape index (κ2) is 4.92. The quantitative estimate of drug-likeness (QED) is 0.632. The summed E-state index contributed by atoms with van der Waals surface area (Å²) in [5.74, 6) is 0.198. The minimum atomic E-state index is -0.488. The fourth-order valence-corrected chi connectivity index (χ4v) is 0.981. The number of allylic oxidation sites excluding steroid dienone is 1. The van der Waals surface area contributed by atoms with Crippen LogP contribution in [0.25, 0.3) is 0 Å². The molecular formula is C4H3Cl5. The van der Waals surface area contributed by atoms with E-state index in [-0.39, 0.29) is 15.4 Å². The lowest BCUT2D eigenvalue weighted by atomic mass is 10.5. The van der Waals surface area contributed by atoms with Crippen molar-refractivity contribution in [3.05, 3.63) is 9.52 Å². The number of halogens is 5. The van der Waals surface area contributed by atoms with E-state index in [0.717, 1.165) is 0 Å². The van der Waals surface area contributed by atoms with Crippen LogP contribution in [0.3, 0.4) is 0 Å². The highest BCUT2D eigenvalue weighted by Gasteiger charge is 2.09. The number of hydrogen-bond donors (Lipinski definition) is 0. The smallest absolute Gasteiger partial charge is 0.122 e. The van der Waals surface area contributed by atoms with E-state index in [1.165, 1.54) is 0 Å². The molecule has 0 heterocycles. The summed E-state index contributed by atoms with van der Waals surface area (Å²) in [5, 5.41) is -0.298. The largest absolute Gasteiger partial charge is 0.125 e. The van der Waals surface area contributed by atoms with E-state index >= 15 is 0 Å². The van der Waals surface area contributed by atoms with Crippen molar-refractivity contribution in [2.75, 3.05) is 5.88 Å². The van der Waals surface area contributed by atoms with Gasteiger partial charge in [-0.15, -0.1) is 23.2 Å². The minimum Gasteiger partial charge on any atom is -0.125 e. The topological polar surface area (TPSA) is 0 Å². The van der Waals surface area contributed by atoms with E-state index in [4.69, 9.17) is 58.0 Å². The Kier molecular flexibility index (Phi) is 5.57. The molecule has 0 saturated heterocycles. The molecule has 0 aromatic heterocycles. The van der Waals surface area contributed by atoms with Crippen LogP contribution in [-0.2, 0) is 0 Å². The summed E-state index contributed by atoms with van der Waals surface area (Å²) in [6.07, 6.45) is 0.